The molecular formula is C17H23ClFN3O3S. The molecule has 2 N–H and O–H groups in total. The van der Waals surface area contributed by atoms with Gasteiger partial charge >= 0.3 is 0 Å². The van der Waals surface area contributed by atoms with Crippen LogP contribution in [0.3, 0.4) is 0 Å². The molecule has 0 radical (unpaired) electrons. The summed E-state index contributed by atoms with van der Waals surface area (Å²) >= 11 is 0. The van der Waals surface area contributed by atoms with Gasteiger partial charge in [0.25, 0.3) is 5.91 Å². The van der Waals surface area contributed by atoms with E-state index in [9.17, 15) is 17.6 Å². The normalized spacial score (nSPS) is 17.6. The van der Waals surface area contributed by atoms with Crippen molar-refractivity contribution in [2.75, 3.05) is 32.7 Å². The van der Waals surface area contributed by atoms with Crippen molar-refractivity contribution >= 4 is 28.3 Å². The summed E-state index contributed by atoms with van der Waals surface area (Å²) in [6, 6.07) is 3.46. The lowest BCUT2D eigenvalue weighted by molar-refractivity contribution is 0.0788. The summed E-state index contributed by atoms with van der Waals surface area (Å²) in [5.41, 5.74) is 0.922. The first-order valence-corrected chi connectivity index (χ1v) is 9.93. The first-order chi connectivity index (χ1) is 12.0. The van der Waals surface area contributed by atoms with E-state index >= 15 is 0 Å². The number of hydrogen-bond acceptors (Lipinski definition) is 4. The molecule has 0 bridgehead atoms. The molecule has 9 heteroatoms. The quantitative estimate of drug-likeness (QED) is 0.733. The maximum Gasteiger partial charge on any atom is 0.256 e. The van der Waals surface area contributed by atoms with Gasteiger partial charge in [-0.25, -0.2) is 17.5 Å². The third kappa shape index (κ3) is 4.82. The number of sulfonamides is 1. The molecule has 1 aromatic carbocycles. The molecule has 2 aliphatic heterocycles. The molecule has 0 unspecified atom stereocenters. The van der Waals surface area contributed by atoms with Crippen molar-refractivity contribution in [2.45, 2.75) is 24.2 Å². The van der Waals surface area contributed by atoms with Gasteiger partial charge in [0.05, 0.1) is 10.5 Å². The van der Waals surface area contributed by atoms with Crippen molar-refractivity contribution in [3.05, 3.63) is 41.2 Å². The van der Waals surface area contributed by atoms with Gasteiger partial charge in [-0.1, -0.05) is 11.6 Å². The predicted octanol–water partition coefficient (Wildman–Crippen LogP) is 1.68. The van der Waals surface area contributed by atoms with E-state index in [2.05, 4.69) is 10.0 Å². The first-order valence-electron chi connectivity index (χ1n) is 8.44. The van der Waals surface area contributed by atoms with Gasteiger partial charge in [0.2, 0.25) is 10.0 Å². The first kappa shape index (κ1) is 20.8. The molecule has 6 nitrogen and oxygen atoms in total. The third-order valence-corrected chi connectivity index (χ3v) is 5.92. The molecule has 2 aliphatic rings. The average Bonchev–Trinajstić information content (AvgIpc) is 3.15. The number of likely N-dealkylation sites (tertiary alicyclic amines) is 1. The maximum atomic E-state index is 14.3. The summed E-state index contributed by atoms with van der Waals surface area (Å²) in [5, 5.41) is 3.15. The number of hydrogen-bond donors (Lipinski definition) is 2. The van der Waals surface area contributed by atoms with Gasteiger partial charge in [-0.2, -0.15) is 0 Å². The largest absolute Gasteiger partial charge is 0.339 e. The highest BCUT2D eigenvalue weighted by molar-refractivity contribution is 7.89. The standard InChI is InChI=1S/C17H22FN3O3S.ClH/c18-16-11-14(3-4-15(16)17(22)21-9-1-2-10-21)25(23,24)20-12-13-5-7-19-8-6-13;/h3-5,11,19-20H,1-2,6-10,12H2;1H. The van der Waals surface area contributed by atoms with E-state index in [4.69, 9.17) is 0 Å². The van der Waals surface area contributed by atoms with Crippen LogP contribution in [0, 0.1) is 5.82 Å². The van der Waals surface area contributed by atoms with Crippen LogP contribution in [0.15, 0.2) is 34.7 Å². The molecule has 1 amide bonds. The van der Waals surface area contributed by atoms with Crippen LogP contribution in [0.4, 0.5) is 4.39 Å². The topological polar surface area (TPSA) is 78.5 Å². The third-order valence-electron chi connectivity index (χ3n) is 4.52. The van der Waals surface area contributed by atoms with Gasteiger partial charge in [-0.05, 0) is 44.0 Å². The zero-order valence-corrected chi connectivity index (χ0v) is 16.0. The maximum absolute atomic E-state index is 14.3. The molecule has 0 spiro atoms. The highest BCUT2D eigenvalue weighted by Crippen LogP contribution is 2.19. The van der Waals surface area contributed by atoms with Crippen molar-refractivity contribution in [2.24, 2.45) is 0 Å². The Morgan fingerprint density at radius 3 is 2.62 bits per heavy atom. The van der Waals surface area contributed by atoms with Crippen molar-refractivity contribution in [1.82, 2.24) is 14.9 Å². The minimum atomic E-state index is -3.82. The minimum Gasteiger partial charge on any atom is -0.339 e. The van der Waals surface area contributed by atoms with Crippen molar-refractivity contribution in [3.8, 4) is 0 Å². The van der Waals surface area contributed by atoms with Crippen molar-refractivity contribution in [3.63, 3.8) is 0 Å². The molecule has 1 fully saturated rings. The summed E-state index contributed by atoms with van der Waals surface area (Å²) in [5.74, 6) is -1.19. The number of carbonyl (C=O) groups is 1. The zero-order chi connectivity index (χ0) is 17.9. The fourth-order valence-electron chi connectivity index (χ4n) is 3.03. The molecule has 1 aromatic rings. The van der Waals surface area contributed by atoms with E-state index in [0.29, 0.717) is 13.1 Å². The Morgan fingerprint density at radius 1 is 1.27 bits per heavy atom. The van der Waals surface area contributed by atoms with E-state index in [1.807, 2.05) is 6.08 Å². The molecule has 3 rings (SSSR count). The molecule has 2 heterocycles. The zero-order valence-electron chi connectivity index (χ0n) is 14.3. The van der Waals surface area contributed by atoms with Gasteiger partial charge in [-0.3, -0.25) is 4.79 Å². The number of nitrogens with one attached hydrogen (secondary N) is 2. The summed E-state index contributed by atoms with van der Waals surface area (Å²) < 4.78 is 41.5. The lowest BCUT2D eigenvalue weighted by atomic mass is 10.1. The van der Waals surface area contributed by atoms with Gasteiger partial charge in [0, 0.05) is 26.2 Å². The number of amides is 1. The van der Waals surface area contributed by atoms with Crippen LogP contribution in [-0.4, -0.2) is 51.9 Å². The number of halogens is 2. The van der Waals surface area contributed by atoms with Crippen LogP contribution in [0.1, 0.15) is 29.6 Å². The Morgan fingerprint density at radius 2 is 2.00 bits per heavy atom. The fraction of sp³-hybridized carbons (Fsp3) is 0.471. The average molecular weight is 404 g/mol. The molecule has 0 saturated carbocycles. The number of carbonyl (C=O) groups excluding carboxylic acids is 1. The Bertz CT molecular complexity index is 792. The second-order valence-electron chi connectivity index (χ2n) is 6.28. The monoisotopic (exact) mass is 403 g/mol. The van der Waals surface area contributed by atoms with E-state index in [1.165, 1.54) is 12.1 Å². The SMILES string of the molecule is Cl.O=C(c1ccc(S(=O)(=O)NCC2=CCNCC2)cc1F)N1CCCC1. The lowest BCUT2D eigenvalue weighted by Crippen LogP contribution is -2.30. The summed E-state index contributed by atoms with van der Waals surface area (Å²) in [6.07, 6.45) is 4.55. The van der Waals surface area contributed by atoms with E-state index in [1.54, 1.807) is 4.90 Å². The fourth-order valence-corrected chi connectivity index (χ4v) is 4.08. The number of nitrogens with zero attached hydrogens (tertiary/aromatic N) is 1. The highest BCUT2D eigenvalue weighted by atomic mass is 35.5. The molecule has 0 atom stereocenters. The molecule has 144 valence electrons. The van der Waals surface area contributed by atoms with Gasteiger partial charge in [-0.15, -0.1) is 12.4 Å². The second kappa shape index (κ2) is 8.94. The van der Waals surface area contributed by atoms with Crippen molar-refractivity contribution < 1.29 is 17.6 Å². The predicted molar refractivity (Wildman–Crippen MR) is 99.5 cm³/mol. The molecule has 1 saturated heterocycles. The van der Waals surface area contributed by atoms with Gasteiger partial charge in [0.1, 0.15) is 5.82 Å². The Balaban J connectivity index is 0.00000243. The van der Waals surface area contributed by atoms with Crippen LogP contribution in [0.5, 0.6) is 0 Å². The van der Waals surface area contributed by atoms with Gasteiger partial charge < -0.3 is 10.2 Å². The van der Waals surface area contributed by atoms with Crippen molar-refractivity contribution in [1.29, 1.82) is 0 Å². The number of rotatable bonds is 5. The van der Waals surface area contributed by atoms with Gasteiger partial charge in [0.15, 0.2) is 0 Å². The van der Waals surface area contributed by atoms with E-state index < -0.39 is 15.8 Å². The Labute approximate surface area is 159 Å². The molecular weight excluding hydrogens is 381 g/mol. The molecule has 0 aliphatic carbocycles. The van der Waals surface area contributed by atoms with Crippen LogP contribution in [0.2, 0.25) is 0 Å². The minimum absolute atomic E-state index is 0. The van der Waals surface area contributed by atoms with Crippen LogP contribution >= 0.6 is 12.4 Å². The Kier molecular flexibility index (Phi) is 7.16. The van der Waals surface area contributed by atoms with Crippen LogP contribution in [0.25, 0.3) is 0 Å². The summed E-state index contributed by atoms with van der Waals surface area (Å²) in [7, 11) is -3.82. The second-order valence-corrected chi connectivity index (χ2v) is 8.05. The van der Waals surface area contributed by atoms with Crippen LogP contribution < -0.4 is 10.0 Å². The van der Waals surface area contributed by atoms with Crippen LogP contribution in [-0.2, 0) is 10.0 Å². The summed E-state index contributed by atoms with van der Waals surface area (Å²) in [6.45, 7) is 2.97. The van der Waals surface area contributed by atoms with E-state index in [0.717, 1.165) is 44.0 Å². The summed E-state index contributed by atoms with van der Waals surface area (Å²) in [4.78, 5) is 13.7. The molecule has 26 heavy (non-hydrogen) atoms. The highest BCUT2D eigenvalue weighted by Gasteiger charge is 2.24. The molecule has 0 aromatic heterocycles. The Hall–Kier alpha value is -1.48. The number of benzene rings is 1. The smallest absolute Gasteiger partial charge is 0.256 e. The lowest BCUT2D eigenvalue weighted by Gasteiger charge is -2.17. The van der Waals surface area contributed by atoms with E-state index in [-0.39, 0.29) is 35.3 Å².